The summed E-state index contributed by atoms with van der Waals surface area (Å²) < 4.78 is 10.2. The average molecular weight is 425 g/mol. The van der Waals surface area contributed by atoms with Gasteiger partial charge in [-0.15, -0.1) is 0 Å². The van der Waals surface area contributed by atoms with Crippen LogP contribution in [0.15, 0.2) is 64.7 Å². The molecule has 0 unspecified atom stereocenters. The molecule has 0 saturated carbocycles. The van der Waals surface area contributed by atoms with Crippen LogP contribution in [0.5, 0.6) is 5.75 Å². The third kappa shape index (κ3) is 3.33. The van der Waals surface area contributed by atoms with Gasteiger partial charge in [-0.3, -0.25) is 14.5 Å². The van der Waals surface area contributed by atoms with E-state index >= 15 is 0 Å². The Kier molecular flexibility index (Phi) is 5.05. The van der Waals surface area contributed by atoms with Crippen molar-refractivity contribution in [1.29, 1.82) is 0 Å². The number of ether oxygens (including phenoxy) is 1. The monoisotopic (exact) mass is 424 g/mol. The van der Waals surface area contributed by atoms with Crippen molar-refractivity contribution in [1.82, 2.24) is 5.16 Å². The number of ketones is 1. The number of anilines is 1. The van der Waals surface area contributed by atoms with Crippen LogP contribution in [0.3, 0.4) is 0 Å². The second kappa shape index (κ2) is 7.68. The van der Waals surface area contributed by atoms with Crippen molar-refractivity contribution >= 4 is 34.9 Å². The van der Waals surface area contributed by atoms with E-state index in [1.807, 2.05) is 0 Å². The maximum atomic E-state index is 13.0. The number of amides is 1. The van der Waals surface area contributed by atoms with Crippen molar-refractivity contribution in [3.05, 3.63) is 82.1 Å². The van der Waals surface area contributed by atoms with Gasteiger partial charge in [0.1, 0.15) is 17.3 Å². The van der Waals surface area contributed by atoms with Crippen LogP contribution in [-0.2, 0) is 9.59 Å². The largest absolute Gasteiger partial charge is 0.507 e. The molecule has 0 aliphatic carbocycles. The van der Waals surface area contributed by atoms with E-state index in [0.29, 0.717) is 27.7 Å². The highest BCUT2D eigenvalue weighted by Gasteiger charge is 2.48. The minimum Gasteiger partial charge on any atom is -0.507 e. The number of aliphatic hydroxyl groups excluding tert-OH is 1. The van der Waals surface area contributed by atoms with Gasteiger partial charge >= 0.3 is 5.91 Å². The predicted octanol–water partition coefficient (Wildman–Crippen LogP) is 4.27. The van der Waals surface area contributed by atoms with Gasteiger partial charge in [0.15, 0.2) is 5.82 Å². The number of hydrogen-bond donors (Lipinski definition) is 1. The SMILES string of the molecule is COc1ccc(C(O)=C2C(=O)C(=O)N(c3cc(C)on3)[C@H]2c2cccc(Cl)c2)cc1. The molecule has 3 aromatic rings. The van der Waals surface area contributed by atoms with Gasteiger partial charge in [-0.25, -0.2) is 0 Å². The normalized spacial score (nSPS) is 18.1. The molecule has 0 radical (unpaired) electrons. The number of rotatable bonds is 4. The molecule has 0 bridgehead atoms. The summed E-state index contributed by atoms with van der Waals surface area (Å²) in [6, 6.07) is 13.9. The Labute approximate surface area is 177 Å². The van der Waals surface area contributed by atoms with Crippen molar-refractivity contribution in [2.45, 2.75) is 13.0 Å². The maximum Gasteiger partial charge on any atom is 0.301 e. The van der Waals surface area contributed by atoms with Crippen molar-refractivity contribution in [2.24, 2.45) is 0 Å². The molecule has 2 aromatic carbocycles. The number of nitrogens with zero attached hydrogens (tertiary/aromatic N) is 2. The van der Waals surface area contributed by atoms with Crippen LogP contribution >= 0.6 is 11.6 Å². The zero-order chi connectivity index (χ0) is 21.4. The summed E-state index contributed by atoms with van der Waals surface area (Å²) in [5.41, 5.74) is 0.864. The van der Waals surface area contributed by atoms with E-state index < -0.39 is 17.7 Å². The fourth-order valence-electron chi connectivity index (χ4n) is 3.43. The van der Waals surface area contributed by atoms with Gasteiger partial charge in [-0.05, 0) is 48.9 Å². The first kappa shape index (κ1) is 19.7. The van der Waals surface area contributed by atoms with E-state index in [9.17, 15) is 14.7 Å². The molecule has 1 N–H and O–H groups in total. The first-order valence-electron chi connectivity index (χ1n) is 9.05. The first-order valence-corrected chi connectivity index (χ1v) is 9.42. The van der Waals surface area contributed by atoms with Gasteiger partial charge in [0, 0.05) is 16.7 Å². The lowest BCUT2D eigenvalue weighted by Crippen LogP contribution is -2.29. The van der Waals surface area contributed by atoms with Crippen LogP contribution in [0, 0.1) is 6.92 Å². The average Bonchev–Trinajstić information content (AvgIpc) is 3.28. The summed E-state index contributed by atoms with van der Waals surface area (Å²) in [6.45, 7) is 1.68. The van der Waals surface area contributed by atoms with Crippen LogP contribution in [-0.4, -0.2) is 29.1 Å². The fraction of sp³-hybridized carbons (Fsp3) is 0.136. The molecule has 2 heterocycles. The molecule has 1 saturated heterocycles. The molecular weight excluding hydrogens is 408 g/mol. The van der Waals surface area contributed by atoms with Crippen molar-refractivity contribution < 1.29 is 24.0 Å². The smallest absolute Gasteiger partial charge is 0.301 e. The third-order valence-corrected chi connectivity index (χ3v) is 5.07. The van der Waals surface area contributed by atoms with E-state index in [4.69, 9.17) is 20.9 Å². The molecule has 1 aliphatic rings. The molecule has 1 aliphatic heterocycles. The van der Waals surface area contributed by atoms with Gasteiger partial charge in [0.05, 0.1) is 18.7 Å². The number of carbonyl (C=O) groups excluding carboxylic acids is 2. The van der Waals surface area contributed by atoms with Crippen LogP contribution in [0.25, 0.3) is 5.76 Å². The summed E-state index contributed by atoms with van der Waals surface area (Å²) in [5, 5.41) is 15.3. The number of aryl methyl sites for hydroxylation is 1. The van der Waals surface area contributed by atoms with E-state index in [2.05, 4.69) is 5.16 Å². The summed E-state index contributed by atoms with van der Waals surface area (Å²) >= 11 is 6.16. The lowest BCUT2D eigenvalue weighted by Gasteiger charge is -2.23. The van der Waals surface area contributed by atoms with E-state index in [-0.39, 0.29) is 17.2 Å². The van der Waals surface area contributed by atoms with Gasteiger partial charge in [-0.1, -0.05) is 28.9 Å². The minimum atomic E-state index is -0.921. The summed E-state index contributed by atoms with van der Waals surface area (Å²) in [4.78, 5) is 27.1. The van der Waals surface area contributed by atoms with E-state index in [1.165, 1.54) is 12.0 Å². The maximum absolute atomic E-state index is 13.0. The van der Waals surface area contributed by atoms with Crippen LogP contribution in [0.4, 0.5) is 5.82 Å². The topological polar surface area (TPSA) is 92.9 Å². The Morgan fingerprint density at radius 2 is 1.90 bits per heavy atom. The number of methoxy groups -OCH3 is 1. The Morgan fingerprint density at radius 1 is 1.17 bits per heavy atom. The van der Waals surface area contributed by atoms with Crippen molar-refractivity contribution in [3.63, 3.8) is 0 Å². The number of hydrogen-bond acceptors (Lipinski definition) is 6. The third-order valence-electron chi connectivity index (χ3n) is 4.83. The molecule has 1 atom stereocenters. The molecule has 0 spiro atoms. The van der Waals surface area contributed by atoms with E-state index in [1.54, 1.807) is 61.5 Å². The standard InChI is InChI=1S/C22H17ClN2O5/c1-12-10-17(24-30-12)25-19(14-4-3-5-15(23)11-14)18(21(27)22(25)28)20(26)13-6-8-16(29-2)9-7-13/h3-11,19,26H,1-2H3/t19-/m0/s1. The van der Waals surface area contributed by atoms with Gasteiger partial charge in [0.25, 0.3) is 5.78 Å². The van der Waals surface area contributed by atoms with Crippen molar-refractivity contribution in [2.75, 3.05) is 12.0 Å². The van der Waals surface area contributed by atoms with Gasteiger partial charge in [-0.2, -0.15) is 0 Å². The molecular formula is C22H17ClN2O5. The summed E-state index contributed by atoms with van der Waals surface area (Å²) in [6.07, 6.45) is 0. The van der Waals surface area contributed by atoms with Gasteiger partial charge < -0.3 is 14.4 Å². The predicted molar refractivity (Wildman–Crippen MR) is 110 cm³/mol. The second-order valence-electron chi connectivity index (χ2n) is 6.75. The molecule has 4 rings (SSSR count). The summed E-state index contributed by atoms with van der Waals surface area (Å²) in [7, 11) is 1.53. The molecule has 7 nitrogen and oxygen atoms in total. The number of Topliss-reactive ketones (excluding diaryl/α,β-unsaturated/α-hetero) is 1. The molecule has 152 valence electrons. The Morgan fingerprint density at radius 3 is 2.50 bits per heavy atom. The molecule has 1 aromatic heterocycles. The number of benzene rings is 2. The zero-order valence-corrected chi connectivity index (χ0v) is 16.9. The van der Waals surface area contributed by atoms with Crippen molar-refractivity contribution in [3.8, 4) is 5.75 Å². The number of halogens is 1. The van der Waals surface area contributed by atoms with Crippen LogP contribution < -0.4 is 9.64 Å². The minimum absolute atomic E-state index is 0.0620. The number of aromatic nitrogens is 1. The zero-order valence-electron chi connectivity index (χ0n) is 16.1. The number of carbonyl (C=O) groups is 2. The Hall–Kier alpha value is -3.58. The van der Waals surface area contributed by atoms with Crippen LogP contribution in [0.1, 0.15) is 22.9 Å². The lowest BCUT2D eigenvalue weighted by atomic mass is 9.95. The molecule has 1 fully saturated rings. The highest BCUT2D eigenvalue weighted by Crippen LogP contribution is 2.42. The highest BCUT2D eigenvalue weighted by molar-refractivity contribution is 6.51. The van der Waals surface area contributed by atoms with Crippen LogP contribution in [0.2, 0.25) is 5.02 Å². The Bertz CT molecular complexity index is 1170. The molecule has 30 heavy (non-hydrogen) atoms. The lowest BCUT2D eigenvalue weighted by molar-refractivity contribution is -0.132. The number of aliphatic hydroxyl groups is 1. The first-order chi connectivity index (χ1) is 14.4. The quantitative estimate of drug-likeness (QED) is 0.382. The fourth-order valence-corrected chi connectivity index (χ4v) is 3.63. The molecule has 1 amide bonds. The summed E-state index contributed by atoms with van der Waals surface area (Å²) in [5.74, 6) is -0.697. The Balaban J connectivity index is 1.92. The van der Waals surface area contributed by atoms with E-state index in [0.717, 1.165) is 0 Å². The molecule has 8 heteroatoms. The second-order valence-corrected chi connectivity index (χ2v) is 7.18. The van der Waals surface area contributed by atoms with Gasteiger partial charge in [0.2, 0.25) is 0 Å². The highest BCUT2D eigenvalue weighted by atomic mass is 35.5.